The molecule has 1 aromatic carbocycles. The summed E-state index contributed by atoms with van der Waals surface area (Å²) in [6, 6.07) is 5.39. The van der Waals surface area contributed by atoms with Gasteiger partial charge in [-0.2, -0.15) is 15.4 Å². The van der Waals surface area contributed by atoms with Crippen molar-refractivity contribution in [2.75, 3.05) is 13.2 Å². The van der Waals surface area contributed by atoms with E-state index in [-0.39, 0.29) is 5.69 Å². The molecule has 7 heteroatoms. The molecule has 1 heterocycles. The molecular weight excluding hydrogens is 296 g/mol. The number of aromatic nitrogens is 3. The van der Waals surface area contributed by atoms with Gasteiger partial charge in [0.15, 0.2) is 17.2 Å². The van der Waals surface area contributed by atoms with Crippen molar-refractivity contribution in [1.29, 1.82) is 0 Å². The van der Waals surface area contributed by atoms with Crippen LogP contribution in [-0.2, 0) is 0 Å². The van der Waals surface area contributed by atoms with E-state index in [1.165, 1.54) is 0 Å². The number of primary amides is 1. The first-order valence-corrected chi connectivity index (χ1v) is 7.63. The highest BCUT2D eigenvalue weighted by Gasteiger charge is 2.17. The molecule has 1 aromatic heterocycles. The Labute approximate surface area is 135 Å². The highest BCUT2D eigenvalue weighted by atomic mass is 16.5. The van der Waals surface area contributed by atoms with Crippen molar-refractivity contribution in [1.82, 2.24) is 15.4 Å². The van der Waals surface area contributed by atoms with Crippen molar-refractivity contribution in [2.24, 2.45) is 11.7 Å². The van der Waals surface area contributed by atoms with Crippen LogP contribution in [0.2, 0.25) is 0 Å². The van der Waals surface area contributed by atoms with E-state index in [1.54, 1.807) is 18.2 Å². The topological polar surface area (TPSA) is 103 Å². The summed E-state index contributed by atoms with van der Waals surface area (Å²) in [7, 11) is 0. The Balaban J connectivity index is 2.27. The molecule has 1 amide bonds. The van der Waals surface area contributed by atoms with Gasteiger partial charge in [-0.1, -0.05) is 13.8 Å². The maximum atomic E-state index is 11.4. The number of hydrogen-bond donors (Lipinski definition) is 2. The molecule has 2 aromatic rings. The molecule has 0 saturated carbocycles. The minimum absolute atomic E-state index is 0.0981. The number of carbonyl (C=O) groups is 1. The number of carbonyl (C=O) groups excluding carboxylic acids is 1. The van der Waals surface area contributed by atoms with Crippen LogP contribution in [0.15, 0.2) is 18.2 Å². The number of benzene rings is 1. The van der Waals surface area contributed by atoms with Gasteiger partial charge >= 0.3 is 0 Å². The SMILES string of the molecule is CCOc1cc(-c2n[nH]nc2C(N)=O)ccc1OCCC(C)C. The summed E-state index contributed by atoms with van der Waals surface area (Å²) < 4.78 is 11.4. The summed E-state index contributed by atoms with van der Waals surface area (Å²) in [5, 5.41) is 10.2. The maximum Gasteiger partial charge on any atom is 0.271 e. The predicted octanol–water partition coefficient (Wildman–Crippen LogP) is 2.39. The molecule has 0 unspecified atom stereocenters. The molecule has 0 aliphatic carbocycles. The first-order chi connectivity index (χ1) is 11.0. The minimum atomic E-state index is -0.635. The van der Waals surface area contributed by atoms with Crippen molar-refractivity contribution < 1.29 is 14.3 Å². The zero-order valence-electron chi connectivity index (χ0n) is 13.6. The average Bonchev–Trinajstić information content (AvgIpc) is 2.98. The van der Waals surface area contributed by atoms with E-state index < -0.39 is 5.91 Å². The monoisotopic (exact) mass is 318 g/mol. The van der Waals surface area contributed by atoms with E-state index in [2.05, 4.69) is 29.3 Å². The van der Waals surface area contributed by atoms with E-state index in [1.807, 2.05) is 6.92 Å². The van der Waals surface area contributed by atoms with Gasteiger partial charge in [-0.05, 0) is 37.5 Å². The lowest BCUT2D eigenvalue weighted by Gasteiger charge is -2.13. The van der Waals surface area contributed by atoms with Crippen LogP contribution < -0.4 is 15.2 Å². The fraction of sp³-hybridized carbons (Fsp3) is 0.438. The Morgan fingerprint density at radius 1 is 1.26 bits per heavy atom. The number of nitrogens with two attached hydrogens (primary N) is 1. The summed E-state index contributed by atoms with van der Waals surface area (Å²) in [6.07, 6.45) is 0.961. The lowest BCUT2D eigenvalue weighted by Crippen LogP contribution is -2.12. The first kappa shape index (κ1) is 16.8. The van der Waals surface area contributed by atoms with E-state index in [0.717, 1.165) is 6.42 Å². The molecule has 0 spiro atoms. The third kappa shape index (κ3) is 4.21. The van der Waals surface area contributed by atoms with Gasteiger partial charge in [0.1, 0.15) is 5.69 Å². The normalized spacial score (nSPS) is 10.8. The number of nitrogens with zero attached hydrogens (tertiary/aromatic N) is 2. The number of H-pyrrole nitrogens is 1. The number of hydrogen-bond acceptors (Lipinski definition) is 5. The zero-order valence-corrected chi connectivity index (χ0v) is 13.6. The van der Waals surface area contributed by atoms with Crippen molar-refractivity contribution in [3.63, 3.8) is 0 Å². The Hall–Kier alpha value is -2.57. The number of amides is 1. The van der Waals surface area contributed by atoms with Crippen molar-refractivity contribution in [3.8, 4) is 22.8 Å². The molecule has 2 rings (SSSR count). The van der Waals surface area contributed by atoms with Gasteiger partial charge in [-0.3, -0.25) is 4.79 Å². The van der Waals surface area contributed by atoms with E-state index in [9.17, 15) is 4.79 Å². The lowest BCUT2D eigenvalue weighted by molar-refractivity contribution is 0.0996. The molecule has 0 aliphatic rings. The van der Waals surface area contributed by atoms with Gasteiger partial charge in [0.2, 0.25) is 0 Å². The fourth-order valence-electron chi connectivity index (χ4n) is 2.05. The molecule has 7 nitrogen and oxygen atoms in total. The summed E-state index contributed by atoms with van der Waals surface area (Å²) in [4.78, 5) is 11.4. The van der Waals surface area contributed by atoms with Gasteiger partial charge in [-0.25, -0.2) is 0 Å². The van der Waals surface area contributed by atoms with E-state index >= 15 is 0 Å². The maximum absolute atomic E-state index is 11.4. The standard InChI is InChI=1S/C16H22N4O3/c1-4-22-13-9-11(14-15(16(17)21)19-20-18-14)5-6-12(13)23-8-7-10(2)3/h5-6,9-10H,4,7-8H2,1-3H3,(H2,17,21)(H,18,19,20). The fourth-order valence-corrected chi connectivity index (χ4v) is 2.05. The second-order valence-electron chi connectivity index (χ2n) is 5.51. The lowest BCUT2D eigenvalue weighted by atomic mass is 10.1. The van der Waals surface area contributed by atoms with Gasteiger partial charge < -0.3 is 15.2 Å². The largest absolute Gasteiger partial charge is 0.490 e. The van der Waals surface area contributed by atoms with Crippen LogP contribution in [0, 0.1) is 5.92 Å². The van der Waals surface area contributed by atoms with Gasteiger partial charge in [0, 0.05) is 5.56 Å². The molecule has 0 bridgehead atoms. The summed E-state index contributed by atoms with van der Waals surface area (Å²) >= 11 is 0. The third-order valence-electron chi connectivity index (χ3n) is 3.25. The first-order valence-electron chi connectivity index (χ1n) is 7.63. The Bertz CT molecular complexity index is 667. The van der Waals surface area contributed by atoms with Crippen LogP contribution in [0.25, 0.3) is 11.3 Å². The van der Waals surface area contributed by atoms with Gasteiger partial charge in [-0.15, -0.1) is 0 Å². The predicted molar refractivity (Wildman–Crippen MR) is 86.5 cm³/mol. The Morgan fingerprint density at radius 3 is 2.70 bits per heavy atom. The summed E-state index contributed by atoms with van der Waals surface area (Å²) in [6.45, 7) is 7.31. The highest BCUT2D eigenvalue weighted by Crippen LogP contribution is 2.33. The second-order valence-corrected chi connectivity index (χ2v) is 5.51. The Kier molecular flexibility index (Phi) is 5.56. The van der Waals surface area contributed by atoms with Crippen molar-refractivity contribution >= 4 is 5.91 Å². The number of nitrogens with one attached hydrogen (secondary N) is 1. The van der Waals surface area contributed by atoms with Crippen LogP contribution in [0.5, 0.6) is 11.5 Å². The summed E-state index contributed by atoms with van der Waals surface area (Å²) in [5.41, 5.74) is 6.48. The molecule has 124 valence electrons. The smallest absolute Gasteiger partial charge is 0.271 e. The van der Waals surface area contributed by atoms with Crippen LogP contribution in [0.4, 0.5) is 0 Å². The number of rotatable bonds is 8. The average molecular weight is 318 g/mol. The molecule has 0 radical (unpaired) electrons. The van der Waals surface area contributed by atoms with Crippen molar-refractivity contribution in [2.45, 2.75) is 27.2 Å². The van der Waals surface area contributed by atoms with E-state index in [4.69, 9.17) is 15.2 Å². The van der Waals surface area contributed by atoms with Gasteiger partial charge in [0.25, 0.3) is 5.91 Å². The van der Waals surface area contributed by atoms with Crippen LogP contribution >= 0.6 is 0 Å². The summed E-state index contributed by atoms with van der Waals surface area (Å²) in [5.74, 6) is 1.20. The second kappa shape index (κ2) is 7.62. The van der Waals surface area contributed by atoms with Crippen LogP contribution in [-0.4, -0.2) is 34.5 Å². The Morgan fingerprint density at radius 2 is 2.04 bits per heavy atom. The van der Waals surface area contributed by atoms with Crippen molar-refractivity contribution in [3.05, 3.63) is 23.9 Å². The highest BCUT2D eigenvalue weighted by molar-refractivity contribution is 5.96. The molecule has 23 heavy (non-hydrogen) atoms. The molecule has 0 fully saturated rings. The number of ether oxygens (including phenoxy) is 2. The molecule has 0 saturated heterocycles. The van der Waals surface area contributed by atoms with Crippen LogP contribution in [0.3, 0.4) is 0 Å². The molecule has 0 aliphatic heterocycles. The van der Waals surface area contributed by atoms with Gasteiger partial charge in [0.05, 0.1) is 13.2 Å². The minimum Gasteiger partial charge on any atom is -0.490 e. The zero-order chi connectivity index (χ0) is 16.8. The molecular formula is C16H22N4O3. The third-order valence-corrected chi connectivity index (χ3v) is 3.25. The van der Waals surface area contributed by atoms with E-state index in [0.29, 0.717) is 41.9 Å². The quantitative estimate of drug-likeness (QED) is 0.778. The number of aromatic amines is 1. The van der Waals surface area contributed by atoms with Crippen LogP contribution in [0.1, 0.15) is 37.7 Å². The molecule has 0 atom stereocenters. The molecule has 3 N–H and O–H groups in total.